The van der Waals surface area contributed by atoms with E-state index in [2.05, 4.69) is 4.72 Å². The van der Waals surface area contributed by atoms with Crippen molar-refractivity contribution in [2.24, 2.45) is 29.1 Å². The van der Waals surface area contributed by atoms with Gasteiger partial charge in [-0.2, -0.15) is 13.2 Å². The fraction of sp³-hybridized carbons (Fsp3) is 0.592. The Balaban J connectivity index is 1.27. The van der Waals surface area contributed by atoms with Gasteiger partial charge in [0.2, 0.25) is 33.3 Å². The minimum Gasteiger partial charge on any atom is -0.497 e. The van der Waals surface area contributed by atoms with Crippen LogP contribution < -0.4 is 18.9 Å². The van der Waals surface area contributed by atoms with Gasteiger partial charge in [0.1, 0.15) is 23.3 Å². The zero-order chi connectivity index (χ0) is 48.9. The number of hydrogen-bond donors (Lipinski definition) is 1. The van der Waals surface area contributed by atoms with E-state index in [9.17, 15) is 36.0 Å². The molecule has 2 amide bonds. The Morgan fingerprint density at radius 1 is 0.985 bits per heavy atom. The lowest BCUT2D eigenvalue weighted by molar-refractivity contribution is -0.257. The van der Waals surface area contributed by atoms with Gasteiger partial charge in [-0.1, -0.05) is 26.0 Å². The molecule has 0 bridgehead atoms. The largest absolute Gasteiger partial charge is 0.497 e. The molecule has 4 aliphatic rings. The topological polar surface area (TPSA) is 180 Å². The monoisotopic (exact) mass is 954 g/mol. The molecule has 1 saturated heterocycles. The summed E-state index contributed by atoms with van der Waals surface area (Å²) in [4.78, 5) is 68.7. The number of esters is 1. The number of aromatic nitrogens is 2. The third kappa shape index (κ3) is 10.7. The predicted octanol–water partition coefficient (Wildman–Crippen LogP) is 8.31. The van der Waals surface area contributed by atoms with Gasteiger partial charge >= 0.3 is 12.1 Å². The van der Waals surface area contributed by atoms with E-state index in [1.807, 2.05) is 32.9 Å². The molecule has 3 fully saturated rings. The number of rotatable bonds is 12. The van der Waals surface area contributed by atoms with Gasteiger partial charge in [0.05, 0.1) is 59.3 Å². The molecule has 2 aliphatic heterocycles. The molecule has 364 valence electrons. The van der Waals surface area contributed by atoms with Gasteiger partial charge in [0, 0.05) is 24.5 Å². The molecule has 18 heteroatoms. The van der Waals surface area contributed by atoms with E-state index in [0.29, 0.717) is 65.9 Å². The number of carbonyl (C=O) groups excluding carboxylic acids is 4. The fourth-order valence-electron chi connectivity index (χ4n) is 9.19. The Labute approximate surface area is 389 Å². The lowest BCUT2D eigenvalue weighted by Crippen LogP contribution is -2.48. The van der Waals surface area contributed by atoms with Crippen molar-refractivity contribution in [3.63, 3.8) is 0 Å². The summed E-state index contributed by atoms with van der Waals surface area (Å²) in [6.45, 7) is 10.4. The van der Waals surface area contributed by atoms with Gasteiger partial charge in [-0.05, 0) is 127 Å². The third-order valence-corrected chi connectivity index (χ3v) is 16.0. The Kier molecular flexibility index (Phi) is 13.8. The Morgan fingerprint density at radius 2 is 1.67 bits per heavy atom. The molecule has 7 rings (SSSR count). The molecule has 2 aliphatic carbocycles. The maximum absolute atomic E-state index is 15.1. The summed E-state index contributed by atoms with van der Waals surface area (Å²) in [6.07, 6.45) is -0.696. The molecule has 1 aromatic heterocycles. The summed E-state index contributed by atoms with van der Waals surface area (Å²) < 4.78 is 92.7. The highest BCUT2D eigenvalue weighted by Crippen LogP contribution is 2.58. The zero-order valence-corrected chi connectivity index (χ0v) is 40.1. The number of allylic oxidation sites excluding steroid dienone is 2. The molecule has 3 aromatic rings. The Bertz CT molecular complexity index is 2530. The highest BCUT2D eigenvalue weighted by Gasteiger charge is 2.63. The molecule has 14 nitrogen and oxygen atoms in total. The first-order valence-corrected chi connectivity index (χ1v) is 24.5. The first kappa shape index (κ1) is 49.6. The maximum atomic E-state index is 15.1. The number of nitrogens with one attached hydrogen (secondary N) is 1. The molecule has 2 aromatic carbocycles. The van der Waals surface area contributed by atoms with Gasteiger partial charge in [-0.3, -0.25) is 23.9 Å². The predicted molar refractivity (Wildman–Crippen MR) is 242 cm³/mol. The zero-order valence-electron chi connectivity index (χ0n) is 39.3. The fourth-order valence-corrected chi connectivity index (χ4v) is 10.5. The molecular weight excluding hydrogens is 894 g/mol. The van der Waals surface area contributed by atoms with Crippen LogP contribution >= 0.6 is 0 Å². The van der Waals surface area contributed by atoms with Crippen molar-refractivity contribution in [3.8, 4) is 28.6 Å². The van der Waals surface area contributed by atoms with E-state index in [-0.39, 0.29) is 37.3 Å². The summed E-state index contributed by atoms with van der Waals surface area (Å²) in [5.41, 5.74) is -2.36. The van der Waals surface area contributed by atoms with Crippen molar-refractivity contribution < 1.29 is 59.7 Å². The van der Waals surface area contributed by atoms with Crippen molar-refractivity contribution >= 4 is 44.6 Å². The van der Waals surface area contributed by atoms with Crippen LogP contribution in [0.2, 0.25) is 0 Å². The van der Waals surface area contributed by atoms with Crippen molar-refractivity contribution in [1.82, 2.24) is 19.6 Å². The number of hydrogen-bond acceptors (Lipinski definition) is 12. The van der Waals surface area contributed by atoms with Crippen molar-refractivity contribution in [1.29, 1.82) is 0 Å². The van der Waals surface area contributed by atoms with Crippen LogP contribution in [0.15, 0.2) is 54.6 Å². The summed E-state index contributed by atoms with van der Waals surface area (Å²) in [7, 11) is -2.54. The quantitative estimate of drug-likeness (QED) is 0.136. The number of carbonyl (C=O) groups is 4. The highest BCUT2D eigenvalue weighted by atomic mass is 32.2. The number of Topliss-reactive ketones (excluding diaryl/α,β-unsaturated/α-hetero) is 1. The summed E-state index contributed by atoms with van der Waals surface area (Å²) in [6, 6.07) is 11.1. The Morgan fingerprint density at radius 3 is 2.31 bits per heavy atom. The van der Waals surface area contributed by atoms with Crippen LogP contribution in [-0.4, -0.2) is 95.3 Å². The maximum Gasteiger partial charge on any atom is 0.427 e. The summed E-state index contributed by atoms with van der Waals surface area (Å²) >= 11 is 0. The van der Waals surface area contributed by atoms with Crippen LogP contribution in [0.3, 0.4) is 0 Å². The van der Waals surface area contributed by atoms with E-state index in [0.717, 1.165) is 13.8 Å². The second-order valence-corrected chi connectivity index (χ2v) is 22.2. The van der Waals surface area contributed by atoms with Gasteiger partial charge in [-0.25, -0.2) is 18.4 Å². The lowest BCUT2D eigenvalue weighted by Gasteiger charge is -2.33. The van der Waals surface area contributed by atoms with Gasteiger partial charge in [0.15, 0.2) is 5.78 Å². The number of benzene rings is 2. The van der Waals surface area contributed by atoms with Crippen molar-refractivity contribution in [3.05, 3.63) is 54.6 Å². The molecule has 3 heterocycles. The van der Waals surface area contributed by atoms with E-state index in [1.165, 1.54) is 12.0 Å². The summed E-state index contributed by atoms with van der Waals surface area (Å²) in [5.74, 6) is -4.18. The molecular formula is C49H61F3N4O10S. The number of ketones is 1. The molecule has 67 heavy (non-hydrogen) atoms. The van der Waals surface area contributed by atoms with Crippen LogP contribution in [0.5, 0.6) is 17.4 Å². The number of nitrogens with zero attached hydrogens (tertiary/aromatic N) is 3. The summed E-state index contributed by atoms with van der Waals surface area (Å²) in [5, 5.41) is 0. The third-order valence-electron chi connectivity index (χ3n) is 13.9. The van der Waals surface area contributed by atoms with E-state index in [1.54, 1.807) is 56.3 Å². The number of sulfonamides is 1. The number of methoxy groups -OCH3 is 1. The van der Waals surface area contributed by atoms with Gasteiger partial charge in [-0.15, -0.1) is 0 Å². The number of amides is 2. The molecule has 0 spiro atoms. The lowest BCUT2D eigenvalue weighted by atomic mass is 9.82. The van der Waals surface area contributed by atoms with Crippen molar-refractivity contribution in [2.75, 3.05) is 13.7 Å². The van der Waals surface area contributed by atoms with Gasteiger partial charge in [0.25, 0.3) is 0 Å². The molecule has 0 unspecified atom stereocenters. The van der Waals surface area contributed by atoms with Crippen LogP contribution in [-0.2, 0) is 33.9 Å². The second-order valence-electron chi connectivity index (χ2n) is 20.0. The van der Waals surface area contributed by atoms with Crippen LogP contribution in [0, 0.1) is 29.1 Å². The first-order valence-electron chi connectivity index (χ1n) is 23.0. The van der Waals surface area contributed by atoms with Gasteiger partial charge < -0.3 is 23.8 Å². The molecule has 1 N–H and O–H groups in total. The Hall–Kier alpha value is -5.26. The normalized spacial score (nSPS) is 27.3. The SMILES string of the molecule is COc1ccc2nc(O[C@@H]3C[C@H]4C(=O)C[C@]5(C(=O)NS(=O)(=O)C6(C)CC6)C[C@H]5/C=C\CC[C@@H](C)C[C@@H](C)[C@H](CC(=O)OC(C)(C)C(F)(F)F)C(=O)N4C3)c(-c3ccc(OC(C)C)cc3)nc2c1. The van der Waals surface area contributed by atoms with E-state index < -0.39 is 98.3 Å². The number of alkyl halides is 3. The van der Waals surface area contributed by atoms with Crippen LogP contribution in [0.4, 0.5) is 13.2 Å². The number of halogens is 3. The standard InChI is InChI=1S/C49H61F3N4O10S/c1-28(2)64-33-15-13-31(14-16-33)42-43(54-37-18-17-34(63-8)22-38(37)53-42)65-35-23-39-40(57)26-48(45(60)55-67(61,62)47(7)19-20-47)25-32(48)12-10-9-11-29(3)21-30(4)36(44(59)56(39)27-35)24-41(58)66-46(5,6)49(50,51)52/h10,12-18,22,28-30,32,35-36,39H,9,11,19-21,23-27H2,1-8H3,(H,55,60)/b12-10-/t29-,30-,32-,35-,36+,39+,48-/m1/s1. The highest BCUT2D eigenvalue weighted by molar-refractivity contribution is 7.91. The smallest absolute Gasteiger partial charge is 0.427 e. The molecule has 2 saturated carbocycles. The van der Waals surface area contributed by atoms with Crippen LogP contribution in [0.25, 0.3) is 22.3 Å². The second kappa shape index (κ2) is 18.7. The van der Waals surface area contributed by atoms with E-state index in [4.69, 9.17) is 28.9 Å². The number of ether oxygens (including phenoxy) is 4. The molecule has 7 atom stereocenters. The van der Waals surface area contributed by atoms with Crippen molar-refractivity contribution in [2.45, 2.75) is 141 Å². The van der Waals surface area contributed by atoms with E-state index >= 15 is 4.79 Å². The van der Waals surface area contributed by atoms with Crippen LogP contribution in [0.1, 0.15) is 106 Å². The first-order chi connectivity index (χ1) is 31.3. The average molecular weight is 955 g/mol. The average Bonchev–Trinajstić information content (AvgIpc) is 4.13. The molecule has 0 radical (unpaired) electrons. The minimum absolute atomic E-state index is 0.0117. The minimum atomic E-state index is -4.89. The number of fused-ring (bicyclic) bond motifs is 3.